The van der Waals surface area contributed by atoms with Crippen LogP contribution in [0.5, 0.6) is 0 Å². The van der Waals surface area contributed by atoms with Crippen LogP contribution in [0.1, 0.15) is 48.5 Å². The summed E-state index contributed by atoms with van der Waals surface area (Å²) in [7, 11) is -0.956. The Kier molecular flexibility index (Phi) is 9.40. The lowest BCUT2D eigenvalue weighted by atomic mass is 10.6. The minimum absolute atomic E-state index is 0.767. The summed E-state index contributed by atoms with van der Waals surface area (Å²) in [4.78, 5) is 0. The Balaban J connectivity index is 4.57. The molecule has 17 heavy (non-hydrogen) atoms. The quantitative estimate of drug-likeness (QED) is 0.372. The van der Waals surface area contributed by atoms with Crippen LogP contribution in [0.15, 0.2) is 0 Å². The fourth-order valence-corrected chi connectivity index (χ4v) is 11.0. The molecule has 0 heterocycles. The van der Waals surface area contributed by atoms with E-state index in [9.17, 15) is 0 Å². The molecule has 0 rings (SSSR count). The summed E-state index contributed by atoms with van der Waals surface area (Å²) in [6.07, 6.45) is 0. The second-order valence-corrected chi connectivity index (χ2v) is 15.0. The lowest BCUT2D eigenvalue weighted by Gasteiger charge is -2.33. The summed E-state index contributed by atoms with van der Waals surface area (Å²) in [6.45, 7) is 16.6. The average Bonchev–Trinajstić information content (AvgIpc) is 2.24. The predicted octanol–water partition coefficient (Wildman–Crippen LogP) is 6.10. The summed E-state index contributed by atoms with van der Waals surface area (Å²) in [5, 5.41) is 1.53. The van der Waals surface area contributed by atoms with Crippen LogP contribution in [0.4, 0.5) is 0 Å². The van der Waals surface area contributed by atoms with E-state index in [1.165, 1.54) is 24.2 Å². The Bertz CT molecular complexity index is 170. The molecule has 104 valence electrons. The van der Waals surface area contributed by atoms with Crippen molar-refractivity contribution < 1.29 is 0 Å². The normalized spacial score (nSPS) is 13.1. The zero-order valence-corrected chi connectivity index (χ0v) is 15.5. The van der Waals surface area contributed by atoms with E-state index in [1.54, 1.807) is 0 Å². The van der Waals surface area contributed by atoms with Gasteiger partial charge in [0.2, 0.25) is 0 Å². The number of thioether (sulfide) groups is 2. The molecule has 0 aromatic carbocycles. The van der Waals surface area contributed by atoms with Gasteiger partial charge in [-0.1, -0.05) is 66.6 Å². The van der Waals surface area contributed by atoms with Gasteiger partial charge in [-0.25, -0.2) is 0 Å². The Morgan fingerprint density at radius 1 is 0.765 bits per heavy atom. The van der Waals surface area contributed by atoms with Gasteiger partial charge in [0.1, 0.15) is 0 Å². The number of hydrogen-bond donors (Lipinski definition) is 0. The van der Waals surface area contributed by atoms with E-state index >= 15 is 0 Å². The van der Waals surface area contributed by atoms with Gasteiger partial charge in [0.05, 0.1) is 8.07 Å². The van der Waals surface area contributed by atoms with E-state index < -0.39 is 8.07 Å². The molecule has 0 unspecified atom stereocenters. The topological polar surface area (TPSA) is 0 Å². The highest BCUT2D eigenvalue weighted by molar-refractivity contribution is 8.17. The van der Waals surface area contributed by atoms with Gasteiger partial charge in [-0.3, -0.25) is 0 Å². The van der Waals surface area contributed by atoms with Gasteiger partial charge in [0, 0.05) is 15.1 Å². The second-order valence-electron chi connectivity index (χ2n) is 5.56. The maximum atomic E-state index is 2.43. The summed E-state index contributed by atoms with van der Waals surface area (Å²) >= 11 is 4.40. The smallest absolute Gasteiger partial charge is 0.0546 e. The first-order chi connectivity index (χ1) is 7.89. The molecule has 0 aliphatic heterocycles. The summed E-state index contributed by atoms with van der Waals surface area (Å²) in [5.74, 6) is 0. The number of hydrogen-bond acceptors (Lipinski definition) is 2. The van der Waals surface area contributed by atoms with E-state index in [4.69, 9.17) is 0 Å². The van der Waals surface area contributed by atoms with Gasteiger partial charge in [0.25, 0.3) is 0 Å². The van der Waals surface area contributed by atoms with Crippen LogP contribution >= 0.6 is 23.5 Å². The highest BCUT2D eigenvalue weighted by Gasteiger charge is 2.31. The van der Waals surface area contributed by atoms with Crippen LogP contribution in [-0.2, 0) is 0 Å². The van der Waals surface area contributed by atoms with Gasteiger partial charge < -0.3 is 0 Å². The Morgan fingerprint density at radius 3 is 1.35 bits per heavy atom. The molecule has 0 aliphatic carbocycles. The fourth-order valence-electron chi connectivity index (χ4n) is 2.27. The van der Waals surface area contributed by atoms with Gasteiger partial charge in [-0.05, 0) is 6.04 Å². The first-order valence-electron chi connectivity index (χ1n) is 7.20. The van der Waals surface area contributed by atoms with Gasteiger partial charge >= 0.3 is 0 Å². The highest BCUT2D eigenvalue weighted by Crippen LogP contribution is 2.39. The van der Waals surface area contributed by atoms with Gasteiger partial charge in [-0.15, -0.1) is 23.5 Å². The zero-order valence-electron chi connectivity index (χ0n) is 12.9. The van der Waals surface area contributed by atoms with Crippen LogP contribution in [-0.4, -0.2) is 23.2 Å². The SMILES string of the molecule is CC[Si](CC)(CC)CC(SC(C)C)SC(C)C. The third-order valence-corrected chi connectivity index (χ3v) is 12.8. The van der Waals surface area contributed by atoms with Crippen molar-refractivity contribution in [2.45, 2.75) is 87.7 Å². The molecule has 0 amide bonds. The maximum Gasteiger partial charge on any atom is 0.0546 e. The molecule has 0 spiro atoms. The Labute approximate surface area is 119 Å². The Morgan fingerprint density at radius 2 is 1.12 bits per heavy atom. The molecular weight excluding hydrogens is 260 g/mol. The Hall–Kier alpha value is 0.917. The minimum atomic E-state index is -0.956. The molecule has 0 radical (unpaired) electrons. The predicted molar refractivity (Wildman–Crippen MR) is 91.2 cm³/mol. The van der Waals surface area contributed by atoms with Crippen LogP contribution < -0.4 is 0 Å². The monoisotopic (exact) mass is 292 g/mol. The lowest BCUT2D eigenvalue weighted by Crippen LogP contribution is -2.34. The largest absolute Gasteiger partial charge is 0.145 e. The van der Waals surface area contributed by atoms with E-state index in [-0.39, 0.29) is 0 Å². The summed E-state index contributed by atoms with van der Waals surface area (Å²) < 4.78 is 0.835. The molecule has 0 nitrogen and oxygen atoms in total. The standard InChI is InChI=1S/C14H32S2Si/c1-8-17(9-2,10-3)11-14(15-12(4)5)16-13(6)7/h12-14H,8-11H2,1-7H3. The molecule has 0 bridgehead atoms. The fraction of sp³-hybridized carbons (Fsp3) is 1.00. The molecule has 0 aromatic rings. The van der Waals surface area contributed by atoms with Crippen molar-refractivity contribution in [3.05, 3.63) is 0 Å². The lowest BCUT2D eigenvalue weighted by molar-refractivity contribution is 1.06. The summed E-state index contributed by atoms with van der Waals surface area (Å²) in [5.41, 5.74) is 0. The second kappa shape index (κ2) is 8.92. The average molecular weight is 293 g/mol. The first-order valence-corrected chi connectivity index (χ1v) is 11.9. The van der Waals surface area contributed by atoms with Crippen LogP contribution in [0.25, 0.3) is 0 Å². The van der Waals surface area contributed by atoms with E-state index in [1.807, 2.05) is 0 Å². The molecule has 0 aliphatic rings. The van der Waals surface area contributed by atoms with Crippen molar-refractivity contribution in [1.29, 1.82) is 0 Å². The highest BCUT2D eigenvalue weighted by atomic mass is 32.2. The number of rotatable bonds is 9. The first kappa shape index (κ1) is 17.9. The zero-order chi connectivity index (χ0) is 13.5. The maximum absolute atomic E-state index is 2.43. The van der Waals surface area contributed by atoms with Crippen molar-refractivity contribution in [3.8, 4) is 0 Å². The molecule has 3 heteroatoms. The molecular formula is C14H32S2Si. The van der Waals surface area contributed by atoms with Crippen LogP contribution in [0.2, 0.25) is 24.2 Å². The molecule has 0 atom stereocenters. The van der Waals surface area contributed by atoms with Crippen molar-refractivity contribution in [3.63, 3.8) is 0 Å². The van der Waals surface area contributed by atoms with Gasteiger partial charge in [-0.2, -0.15) is 0 Å². The van der Waals surface area contributed by atoms with Crippen molar-refractivity contribution >= 4 is 31.6 Å². The minimum Gasteiger partial charge on any atom is -0.145 e. The van der Waals surface area contributed by atoms with Crippen molar-refractivity contribution in [1.82, 2.24) is 0 Å². The molecule has 0 aromatic heterocycles. The van der Waals surface area contributed by atoms with Crippen molar-refractivity contribution in [2.75, 3.05) is 0 Å². The van der Waals surface area contributed by atoms with Crippen LogP contribution in [0, 0.1) is 0 Å². The summed E-state index contributed by atoms with van der Waals surface area (Å²) in [6, 6.07) is 5.91. The van der Waals surface area contributed by atoms with E-state index in [0.29, 0.717) is 0 Å². The third-order valence-electron chi connectivity index (χ3n) is 3.70. The van der Waals surface area contributed by atoms with Crippen molar-refractivity contribution in [2.24, 2.45) is 0 Å². The third kappa shape index (κ3) is 7.17. The van der Waals surface area contributed by atoms with E-state index in [2.05, 4.69) is 72.0 Å². The molecule has 0 fully saturated rings. The molecule has 0 saturated heterocycles. The van der Waals surface area contributed by atoms with Crippen LogP contribution in [0.3, 0.4) is 0 Å². The van der Waals surface area contributed by atoms with E-state index in [0.717, 1.165) is 15.1 Å². The van der Waals surface area contributed by atoms with Gasteiger partial charge in [0.15, 0.2) is 0 Å². The molecule has 0 N–H and O–H groups in total. The molecule has 0 saturated carbocycles.